The summed E-state index contributed by atoms with van der Waals surface area (Å²) in [6.07, 6.45) is 2.38. The molecule has 1 heterocycles. The Kier molecular flexibility index (Phi) is 2.37. The van der Waals surface area contributed by atoms with Crippen molar-refractivity contribution in [1.82, 2.24) is 15.2 Å². The molecule has 1 N–H and O–H groups in total. The van der Waals surface area contributed by atoms with Crippen molar-refractivity contribution in [2.45, 2.75) is 18.8 Å². The summed E-state index contributed by atoms with van der Waals surface area (Å²) >= 11 is 12.1. The van der Waals surface area contributed by atoms with Gasteiger partial charge in [0.15, 0.2) is 5.82 Å². The Bertz CT molecular complexity index is 532. The van der Waals surface area contributed by atoms with E-state index in [-0.39, 0.29) is 0 Å². The number of hydrogen-bond donors (Lipinski definition) is 1. The first kappa shape index (κ1) is 10.1. The van der Waals surface area contributed by atoms with Crippen LogP contribution in [-0.4, -0.2) is 15.2 Å². The summed E-state index contributed by atoms with van der Waals surface area (Å²) < 4.78 is 0. The lowest BCUT2D eigenvalue weighted by molar-refractivity contribution is 0.935. The zero-order valence-electron chi connectivity index (χ0n) is 8.37. The minimum atomic E-state index is 0.505. The number of halogens is 2. The van der Waals surface area contributed by atoms with Gasteiger partial charge in [0, 0.05) is 11.5 Å². The summed E-state index contributed by atoms with van der Waals surface area (Å²) in [7, 11) is 0. The van der Waals surface area contributed by atoms with E-state index >= 15 is 0 Å². The van der Waals surface area contributed by atoms with Gasteiger partial charge in [-0.1, -0.05) is 29.3 Å². The van der Waals surface area contributed by atoms with E-state index in [1.807, 2.05) is 12.1 Å². The molecule has 3 rings (SSSR count). The van der Waals surface area contributed by atoms with E-state index in [1.165, 1.54) is 12.8 Å². The Hall–Kier alpha value is -1.06. The fourth-order valence-electron chi connectivity index (χ4n) is 1.61. The zero-order valence-corrected chi connectivity index (χ0v) is 9.89. The summed E-state index contributed by atoms with van der Waals surface area (Å²) in [6.45, 7) is 0. The van der Waals surface area contributed by atoms with Crippen LogP contribution in [0.1, 0.15) is 24.6 Å². The van der Waals surface area contributed by atoms with E-state index in [1.54, 1.807) is 6.07 Å². The second kappa shape index (κ2) is 3.75. The molecule has 1 fully saturated rings. The molecule has 1 aliphatic carbocycles. The van der Waals surface area contributed by atoms with Crippen molar-refractivity contribution in [3.05, 3.63) is 34.1 Å². The predicted molar refractivity (Wildman–Crippen MR) is 63.8 cm³/mol. The van der Waals surface area contributed by atoms with Crippen molar-refractivity contribution in [3.63, 3.8) is 0 Å². The van der Waals surface area contributed by atoms with E-state index in [0.717, 1.165) is 11.4 Å². The van der Waals surface area contributed by atoms with Crippen LogP contribution in [-0.2, 0) is 0 Å². The molecule has 5 heteroatoms. The van der Waals surface area contributed by atoms with Gasteiger partial charge in [-0.25, -0.2) is 4.98 Å². The Balaban J connectivity index is 2.03. The number of rotatable bonds is 2. The molecule has 0 saturated heterocycles. The molecule has 0 aliphatic heterocycles. The highest BCUT2D eigenvalue weighted by atomic mass is 35.5. The molecule has 0 amide bonds. The van der Waals surface area contributed by atoms with Crippen LogP contribution < -0.4 is 0 Å². The highest BCUT2D eigenvalue weighted by Gasteiger charge is 2.27. The molecule has 1 aromatic carbocycles. The molecule has 1 saturated carbocycles. The quantitative estimate of drug-likeness (QED) is 0.888. The van der Waals surface area contributed by atoms with Crippen LogP contribution in [0.4, 0.5) is 0 Å². The van der Waals surface area contributed by atoms with Crippen molar-refractivity contribution in [2.75, 3.05) is 0 Å². The van der Waals surface area contributed by atoms with Gasteiger partial charge in [-0.15, -0.1) is 0 Å². The Labute approximate surface area is 103 Å². The monoisotopic (exact) mass is 253 g/mol. The molecule has 1 aromatic heterocycles. The number of nitrogens with one attached hydrogen (secondary N) is 1. The first-order valence-electron chi connectivity index (χ1n) is 5.12. The summed E-state index contributed by atoms with van der Waals surface area (Å²) in [6, 6.07) is 5.46. The van der Waals surface area contributed by atoms with Gasteiger partial charge in [-0.2, -0.15) is 5.10 Å². The Morgan fingerprint density at radius 3 is 2.81 bits per heavy atom. The number of nitrogens with zero attached hydrogens (tertiary/aromatic N) is 2. The molecular weight excluding hydrogens is 245 g/mol. The van der Waals surface area contributed by atoms with Crippen LogP contribution in [0.3, 0.4) is 0 Å². The van der Waals surface area contributed by atoms with E-state index in [4.69, 9.17) is 23.2 Å². The van der Waals surface area contributed by atoms with Crippen LogP contribution in [0.25, 0.3) is 11.4 Å². The maximum Gasteiger partial charge on any atom is 0.182 e. The second-order valence-corrected chi connectivity index (χ2v) is 4.71. The number of aromatic amines is 1. The molecular formula is C11H9Cl2N3. The molecule has 0 radical (unpaired) electrons. The standard InChI is InChI=1S/C11H9Cl2N3/c12-8-3-1-2-7(9(8)13)11-14-10(15-16-11)6-4-5-6/h1-3,6H,4-5H2,(H,14,15,16). The van der Waals surface area contributed by atoms with Gasteiger partial charge >= 0.3 is 0 Å². The highest BCUT2D eigenvalue weighted by molar-refractivity contribution is 6.43. The maximum absolute atomic E-state index is 6.11. The molecule has 82 valence electrons. The van der Waals surface area contributed by atoms with E-state index in [0.29, 0.717) is 21.8 Å². The SMILES string of the molecule is Clc1cccc(-c2n[nH]c(C3CC3)n2)c1Cl. The van der Waals surface area contributed by atoms with Gasteiger partial charge in [0.05, 0.1) is 10.0 Å². The van der Waals surface area contributed by atoms with Crippen LogP contribution >= 0.6 is 23.2 Å². The number of benzene rings is 1. The molecule has 16 heavy (non-hydrogen) atoms. The molecule has 0 unspecified atom stereocenters. The van der Waals surface area contributed by atoms with Crippen LogP contribution in [0.15, 0.2) is 18.2 Å². The molecule has 0 bridgehead atoms. The third kappa shape index (κ3) is 1.70. The van der Waals surface area contributed by atoms with Crippen LogP contribution in [0.5, 0.6) is 0 Å². The lowest BCUT2D eigenvalue weighted by atomic mass is 10.2. The van der Waals surface area contributed by atoms with E-state index < -0.39 is 0 Å². The topological polar surface area (TPSA) is 41.6 Å². The second-order valence-electron chi connectivity index (χ2n) is 3.92. The number of hydrogen-bond acceptors (Lipinski definition) is 2. The first-order valence-corrected chi connectivity index (χ1v) is 5.88. The first-order chi connectivity index (χ1) is 7.75. The van der Waals surface area contributed by atoms with E-state index in [9.17, 15) is 0 Å². The fourth-order valence-corrected chi connectivity index (χ4v) is 2.00. The lowest BCUT2D eigenvalue weighted by Gasteiger charge is -2.00. The Morgan fingerprint density at radius 1 is 1.25 bits per heavy atom. The smallest absolute Gasteiger partial charge is 0.182 e. The maximum atomic E-state index is 6.11. The fraction of sp³-hybridized carbons (Fsp3) is 0.273. The summed E-state index contributed by atoms with van der Waals surface area (Å²) in [5.74, 6) is 2.12. The van der Waals surface area contributed by atoms with E-state index in [2.05, 4.69) is 15.2 Å². The third-order valence-electron chi connectivity index (χ3n) is 2.66. The van der Waals surface area contributed by atoms with Crippen molar-refractivity contribution in [3.8, 4) is 11.4 Å². The van der Waals surface area contributed by atoms with Crippen LogP contribution in [0, 0.1) is 0 Å². The van der Waals surface area contributed by atoms with Crippen molar-refractivity contribution in [1.29, 1.82) is 0 Å². The van der Waals surface area contributed by atoms with Gasteiger partial charge in [-0.3, -0.25) is 5.10 Å². The molecule has 3 nitrogen and oxygen atoms in total. The van der Waals surface area contributed by atoms with Crippen LogP contribution in [0.2, 0.25) is 10.0 Å². The van der Waals surface area contributed by atoms with Gasteiger partial charge < -0.3 is 0 Å². The van der Waals surface area contributed by atoms with Crippen molar-refractivity contribution in [2.24, 2.45) is 0 Å². The molecule has 2 aromatic rings. The minimum Gasteiger partial charge on any atom is -0.262 e. The van der Waals surface area contributed by atoms with Crippen molar-refractivity contribution >= 4 is 23.2 Å². The summed E-state index contributed by atoms with van der Waals surface area (Å²) in [5.41, 5.74) is 0.775. The lowest BCUT2D eigenvalue weighted by Crippen LogP contribution is -1.84. The number of aromatic nitrogens is 3. The normalized spacial score (nSPS) is 15.4. The Morgan fingerprint density at radius 2 is 2.06 bits per heavy atom. The highest BCUT2D eigenvalue weighted by Crippen LogP contribution is 2.39. The summed E-state index contributed by atoms with van der Waals surface area (Å²) in [4.78, 5) is 4.43. The van der Waals surface area contributed by atoms with Crippen molar-refractivity contribution < 1.29 is 0 Å². The zero-order chi connectivity index (χ0) is 11.1. The van der Waals surface area contributed by atoms with Gasteiger partial charge in [-0.05, 0) is 25.0 Å². The van der Waals surface area contributed by atoms with Gasteiger partial charge in [0.25, 0.3) is 0 Å². The molecule has 0 atom stereocenters. The van der Waals surface area contributed by atoms with Gasteiger partial charge in [0.2, 0.25) is 0 Å². The third-order valence-corrected chi connectivity index (χ3v) is 3.48. The average Bonchev–Trinajstić information content (AvgIpc) is 3.02. The molecule has 0 spiro atoms. The number of H-pyrrole nitrogens is 1. The molecule has 1 aliphatic rings. The van der Waals surface area contributed by atoms with Gasteiger partial charge in [0.1, 0.15) is 5.82 Å². The largest absolute Gasteiger partial charge is 0.262 e. The summed E-state index contributed by atoms with van der Waals surface area (Å²) in [5, 5.41) is 8.15. The average molecular weight is 254 g/mol. The predicted octanol–water partition coefficient (Wildman–Crippen LogP) is 3.66. The minimum absolute atomic E-state index is 0.505.